The predicted octanol–water partition coefficient (Wildman–Crippen LogP) is -0.318. The molecule has 0 aromatic carbocycles. The van der Waals surface area contributed by atoms with Crippen LogP contribution in [0.2, 0.25) is 0 Å². The molecule has 5 nitrogen and oxygen atoms in total. The van der Waals surface area contributed by atoms with Gasteiger partial charge < -0.3 is 20.9 Å². The lowest BCUT2D eigenvalue weighted by Crippen LogP contribution is -2.42. The van der Waals surface area contributed by atoms with Crippen molar-refractivity contribution in [3.8, 4) is 0 Å². The van der Waals surface area contributed by atoms with E-state index in [2.05, 4.69) is 10.2 Å². The SMILES string of the molecule is CCNC(=O)N1CCCN(CCN)CC1. The number of nitrogens with two attached hydrogens (primary N) is 1. The van der Waals surface area contributed by atoms with Crippen molar-refractivity contribution in [2.75, 3.05) is 45.8 Å². The second kappa shape index (κ2) is 6.63. The second-order valence-electron chi connectivity index (χ2n) is 3.81. The van der Waals surface area contributed by atoms with Gasteiger partial charge in [-0.05, 0) is 19.9 Å². The number of amides is 2. The largest absolute Gasteiger partial charge is 0.338 e. The van der Waals surface area contributed by atoms with Crippen LogP contribution in [0.5, 0.6) is 0 Å². The number of carbonyl (C=O) groups is 1. The Morgan fingerprint density at radius 2 is 2.13 bits per heavy atom. The minimum atomic E-state index is 0.0621. The van der Waals surface area contributed by atoms with E-state index < -0.39 is 0 Å². The lowest BCUT2D eigenvalue weighted by atomic mass is 10.4. The highest BCUT2D eigenvalue weighted by Crippen LogP contribution is 2.02. The highest BCUT2D eigenvalue weighted by molar-refractivity contribution is 5.74. The van der Waals surface area contributed by atoms with Gasteiger partial charge in [0.25, 0.3) is 0 Å². The molecule has 1 aliphatic rings. The molecule has 0 spiro atoms. The zero-order valence-electron chi connectivity index (χ0n) is 9.54. The Bertz CT molecular complexity index is 198. The summed E-state index contributed by atoms with van der Waals surface area (Å²) in [6, 6.07) is 0.0621. The second-order valence-corrected chi connectivity index (χ2v) is 3.81. The minimum Gasteiger partial charge on any atom is -0.338 e. The van der Waals surface area contributed by atoms with Gasteiger partial charge in [-0.1, -0.05) is 0 Å². The molecule has 1 rings (SSSR count). The quantitative estimate of drug-likeness (QED) is 0.677. The van der Waals surface area contributed by atoms with Crippen molar-refractivity contribution in [2.24, 2.45) is 5.73 Å². The predicted molar refractivity (Wildman–Crippen MR) is 60.8 cm³/mol. The molecule has 0 unspecified atom stereocenters. The van der Waals surface area contributed by atoms with Crippen molar-refractivity contribution in [3.05, 3.63) is 0 Å². The molecule has 0 aliphatic carbocycles. The normalized spacial score (nSPS) is 18.7. The highest BCUT2D eigenvalue weighted by atomic mass is 16.2. The number of hydrogen-bond acceptors (Lipinski definition) is 3. The standard InChI is InChI=1S/C10H22N4O/c1-2-12-10(15)14-6-3-5-13(7-4-11)8-9-14/h2-9,11H2,1H3,(H,12,15). The van der Waals surface area contributed by atoms with E-state index in [0.717, 1.165) is 39.1 Å². The fraction of sp³-hybridized carbons (Fsp3) is 0.900. The monoisotopic (exact) mass is 214 g/mol. The summed E-state index contributed by atoms with van der Waals surface area (Å²) < 4.78 is 0. The van der Waals surface area contributed by atoms with E-state index in [1.165, 1.54) is 0 Å². The molecule has 1 aliphatic heterocycles. The van der Waals surface area contributed by atoms with Crippen LogP contribution in [-0.4, -0.2) is 61.6 Å². The highest BCUT2D eigenvalue weighted by Gasteiger charge is 2.17. The fourth-order valence-electron chi connectivity index (χ4n) is 1.84. The van der Waals surface area contributed by atoms with Crippen molar-refractivity contribution in [2.45, 2.75) is 13.3 Å². The molecule has 0 aromatic heterocycles. The molecule has 0 saturated carbocycles. The summed E-state index contributed by atoms with van der Waals surface area (Å²) in [5.74, 6) is 0. The first-order valence-corrected chi connectivity index (χ1v) is 5.73. The van der Waals surface area contributed by atoms with Gasteiger partial charge >= 0.3 is 6.03 Å². The molecular weight excluding hydrogens is 192 g/mol. The number of nitrogens with one attached hydrogen (secondary N) is 1. The third-order valence-corrected chi connectivity index (χ3v) is 2.65. The molecule has 1 saturated heterocycles. The van der Waals surface area contributed by atoms with Gasteiger partial charge in [-0.3, -0.25) is 0 Å². The van der Waals surface area contributed by atoms with Gasteiger partial charge in [0.2, 0.25) is 0 Å². The molecule has 0 bridgehead atoms. The van der Waals surface area contributed by atoms with E-state index in [1.807, 2.05) is 11.8 Å². The number of carbonyl (C=O) groups excluding carboxylic acids is 1. The minimum absolute atomic E-state index is 0.0621. The number of urea groups is 1. The van der Waals surface area contributed by atoms with Crippen molar-refractivity contribution in [1.29, 1.82) is 0 Å². The molecule has 3 N–H and O–H groups in total. The van der Waals surface area contributed by atoms with Crippen molar-refractivity contribution >= 4 is 6.03 Å². The molecule has 88 valence electrons. The Kier molecular flexibility index (Phi) is 5.42. The summed E-state index contributed by atoms with van der Waals surface area (Å²) in [4.78, 5) is 15.8. The zero-order chi connectivity index (χ0) is 11.1. The van der Waals surface area contributed by atoms with Crippen LogP contribution in [0.15, 0.2) is 0 Å². The maximum Gasteiger partial charge on any atom is 0.317 e. The van der Waals surface area contributed by atoms with E-state index >= 15 is 0 Å². The fourth-order valence-corrected chi connectivity index (χ4v) is 1.84. The van der Waals surface area contributed by atoms with Gasteiger partial charge in [-0.2, -0.15) is 0 Å². The Balaban J connectivity index is 2.35. The van der Waals surface area contributed by atoms with Crippen LogP contribution in [0.25, 0.3) is 0 Å². The Morgan fingerprint density at radius 3 is 2.80 bits per heavy atom. The lowest BCUT2D eigenvalue weighted by molar-refractivity contribution is 0.199. The summed E-state index contributed by atoms with van der Waals surface area (Å²) >= 11 is 0. The molecule has 1 heterocycles. The van der Waals surface area contributed by atoms with Gasteiger partial charge in [0, 0.05) is 39.3 Å². The molecule has 0 atom stereocenters. The van der Waals surface area contributed by atoms with Crippen LogP contribution >= 0.6 is 0 Å². The van der Waals surface area contributed by atoms with Crippen LogP contribution in [0.1, 0.15) is 13.3 Å². The molecule has 0 radical (unpaired) electrons. The summed E-state index contributed by atoms with van der Waals surface area (Å²) in [6.07, 6.45) is 1.04. The van der Waals surface area contributed by atoms with E-state index in [1.54, 1.807) is 0 Å². The van der Waals surface area contributed by atoms with Gasteiger partial charge in [0.05, 0.1) is 0 Å². The first-order valence-electron chi connectivity index (χ1n) is 5.73. The topological polar surface area (TPSA) is 61.6 Å². The van der Waals surface area contributed by atoms with Crippen LogP contribution in [0.3, 0.4) is 0 Å². The third-order valence-electron chi connectivity index (χ3n) is 2.65. The first-order chi connectivity index (χ1) is 7.27. The van der Waals surface area contributed by atoms with E-state index in [0.29, 0.717) is 13.1 Å². The Morgan fingerprint density at radius 1 is 1.33 bits per heavy atom. The number of rotatable bonds is 3. The van der Waals surface area contributed by atoms with Crippen molar-refractivity contribution in [1.82, 2.24) is 15.1 Å². The van der Waals surface area contributed by atoms with Gasteiger partial charge in [-0.25, -0.2) is 4.79 Å². The van der Waals surface area contributed by atoms with Crippen molar-refractivity contribution < 1.29 is 4.79 Å². The van der Waals surface area contributed by atoms with Crippen LogP contribution in [-0.2, 0) is 0 Å². The smallest absolute Gasteiger partial charge is 0.317 e. The lowest BCUT2D eigenvalue weighted by Gasteiger charge is -2.21. The molecule has 2 amide bonds. The van der Waals surface area contributed by atoms with Crippen LogP contribution in [0, 0.1) is 0 Å². The maximum absolute atomic E-state index is 11.6. The summed E-state index contributed by atoms with van der Waals surface area (Å²) in [7, 11) is 0. The summed E-state index contributed by atoms with van der Waals surface area (Å²) in [6.45, 7) is 7.92. The van der Waals surface area contributed by atoms with Gasteiger partial charge in [0.15, 0.2) is 0 Å². The Hall–Kier alpha value is -0.810. The van der Waals surface area contributed by atoms with E-state index in [4.69, 9.17) is 5.73 Å². The average molecular weight is 214 g/mol. The van der Waals surface area contributed by atoms with E-state index in [9.17, 15) is 4.79 Å². The summed E-state index contributed by atoms with van der Waals surface area (Å²) in [5.41, 5.74) is 5.52. The molecule has 15 heavy (non-hydrogen) atoms. The van der Waals surface area contributed by atoms with Crippen molar-refractivity contribution in [3.63, 3.8) is 0 Å². The summed E-state index contributed by atoms with van der Waals surface area (Å²) in [5, 5.41) is 2.83. The third kappa shape index (κ3) is 4.05. The van der Waals surface area contributed by atoms with Crippen LogP contribution < -0.4 is 11.1 Å². The average Bonchev–Trinajstić information content (AvgIpc) is 2.44. The zero-order valence-corrected chi connectivity index (χ0v) is 9.54. The maximum atomic E-state index is 11.6. The number of hydrogen-bond donors (Lipinski definition) is 2. The van der Waals surface area contributed by atoms with Gasteiger partial charge in [0.1, 0.15) is 0 Å². The Labute approximate surface area is 91.6 Å². The first kappa shape index (κ1) is 12.3. The van der Waals surface area contributed by atoms with E-state index in [-0.39, 0.29) is 6.03 Å². The van der Waals surface area contributed by atoms with Crippen LogP contribution in [0.4, 0.5) is 4.79 Å². The number of nitrogens with zero attached hydrogens (tertiary/aromatic N) is 2. The van der Waals surface area contributed by atoms with Gasteiger partial charge in [-0.15, -0.1) is 0 Å². The molecule has 1 fully saturated rings. The molecular formula is C10H22N4O. The molecule has 5 heteroatoms. The molecule has 0 aromatic rings.